The molecule has 1 saturated heterocycles. The highest BCUT2D eigenvalue weighted by Crippen LogP contribution is 2.44. The van der Waals surface area contributed by atoms with E-state index in [-0.39, 0.29) is 11.3 Å². The number of piperidine rings is 1. The number of hydrogen-bond donors (Lipinski definition) is 0. The molecule has 3 atom stereocenters. The van der Waals surface area contributed by atoms with E-state index in [0.29, 0.717) is 18.5 Å². The van der Waals surface area contributed by atoms with Crippen LogP contribution in [0.15, 0.2) is 54.6 Å². The topological polar surface area (TPSA) is 32.8 Å². The van der Waals surface area contributed by atoms with Crippen molar-refractivity contribution in [3.63, 3.8) is 0 Å². The smallest absolute Gasteiger partial charge is 0.219 e. The van der Waals surface area contributed by atoms with Crippen LogP contribution in [0.2, 0.25) is 0 Å². The van der Waals surface area contributed by atoms with Crippen LogP contribution in [-0.4, -0.2) is 49.0 Å². The van der Waals surface area contributed by atoms with Crippen molar-refractivity contribution in [1.29, 1.82) is 0 Å². The summed E-state index contributed by atoms with van der Waals surface area (Å²) < 4.78 is 5.26. The number of carbonyl (C=O) groups excluding carboxylic acids is 1. The summed E-state index contributed by atoms with van der Waals surface area (Å²) in [4.78, 5) is 16.9. The lowest BCUT2D eigenvalue weighted by Crippen LogP contribution is -2.52. The molecule has 1 heterocycles. The number of carbonyl (C=O) groups is 1. The number of hydrogen-bond acceptors (Lipinski definition) is 3. The summed E-state index contributed by atoms with van der Waals surface area (Å²) in [5.74, 6) is 1.49. The van der Waals surface area contributed by atoms with Crippen molar-refractivity contribution >= 4 is 5.91 Å². The monoisotopic (exact) mass is 408 g/mol. The number of ether oxygens (including phenoxy) is 1. The molecule has 4 nitrogen and oxygen atoms in total. The van der Waals surface area contributed by atoms with Crippen LogP contribution < -0.4 is 4.74 Å². The minimum atomic E-state index is 0.0841. The molecule has 162 valence electrons. The maximum atomic E-state index is 12.5. The van der Waals surface area contributed by atoms with Gasteiger partial charge in [0.05, 0.1) is 7.11 Å². The average molecular weight is 409 g/mol. The molecule has 1 amide bonds. The van der Waals surface area contributed by atoms with Gasteiger partial charge in [-0.3, -0.25) is 4.79 Å². The van der Waals surface area contributed by atoms with Gasteiger partial charge in [0.1, 0.15) is 5.75 Å². The Morgan fingerprint density at radius 3 is 2.40 bits per heavy atom. The molecule has 0 aromatic heterocycles. The van der Waals surface area contributed by atoms with Crippen LogP contribution in [0.1, 0.15) is 44.7 Å². The van der Waals surface area contributed by atoms with Gasteiger partial charge in [-0.05, 0) is 56.0 Å². The molecule has 2 aromatic carbocycles. The zero-order chi connectivity index (χ0) is 21.7. The third-order valence-corrected chi connectivity index (χ3v) is 7.07. The number of nitrogens with zero attached hydrogens (tertiary/aromatic N) is 2. The molecule has 0 saturated carbocycles. The molecule has 1 fully saturated rings. The van der Waals surface area contributed by atoms with Crippen LogP contribution in [0.5, 0.6) is 5.75 Å². The van der Waals surface area contributed by atoms with E-state index in [0.717, 1.165) is 37.2 Å². The van der Waals surface area contributed by atoms with Gasteiger partial charge < -0.3 is 14.5 Å². The summed E-state index contributed by atoms with van der Waals surface area (Å²) in [6.45, 7) is 8.85. The first-order valence-corrected chi connectivity index (χ1v) is 11.0. The lowest BCUT2D eigenvalue weighted by molar-refractivity contribution is -0.129. The van der Waals surface area contributed by atoms with Crippen LogP contribution in [0.4, 0.5) is 0 Å². The summed E-state index contributed by atoms with van der Waals surface area (Å²) >= 11 is 0. The van der Waals surface area contributed by atoms with Crippen LogP contribution in [0, 0.1) is 5.92 Å². The Hall–Kier alpha value is -2.33. The van der Waals surface area contributed by atoms with E-state index in [2.05, 4.69) is 56.1 Å². The summed E-state index contributed by atoms with van der Waals surface area (Å²) in [6, 6.07) is 19.5. The zero-order valence-electron chi connectivity index (χ0n) is 19.1. The van der Waals surface area contributed by atoms with Crippen molar-refractivity contribution in [3.8, 4) is 5.75 Å². The maximum absolute atomic E-state index is 12.5. The molecule has 2 aromatic rings. The molecular weight excluding hydrogens is 372 g/mol. The quantitative estimate of drug-likeness (QED) is 0.664. The van der Waals surface area contributed by atoms with Crippen molar-refractivity contribution in [3.05, 3.63) is 65.7 Å². The van der Waals surface area contributed by atoms with Crippen LogP contribution >= 0.6 is 0 Å². The van der Waals surface area contributed by atoms with Crippen molar-refractivity contribution in [2.24, 2.45) is 5.92 Å². The molecule has 3 rings (SSSR count). The Balaban J connectivity index is 1.81. The fourth-order valence-electron chi connectivity index (χ4n) is 4.97. The van der Waals surface area contributed by atoms with E-state index >= 15 is 0 Å². The van der Waals surface area contributed by atoms with E-state index in [1.807, 2.05) is 29.2 Å². The van der Waals surface area contributed by atoms with E-state index < -0.39 is 0 Å². The minimum absolute atomic E-state index is 0.0841. The molecule has 0 aliphatic carbocycles. The van der Waals surface area contributed by atoms with Crippen molar-refractivity contribution in [2.75, 3.05) is 27.2 Å². The predicted molar refractivity (Wildman–Crippen MR) is 123 cm³/mol. The summed E-state index contributed by atoms with van der Waals surface area (Å²) in [6.07, 6.45) is 2.09. The summed E-state index contributed by atoms with van der Waals surface area (Å²) in [7, 11) is 3.89. The maximum Gasteiger partial charge on any atom is 0.219 e. The van der Waals surface area contributed by atoms with E-state index in [4.69, 9.17) is 4.74 Å². The predicted octanol–water partition coefficient (Wildman–Crippen LogP) is 4.73. The van der Waals surface area contributed by atoms with Crippen LogP contribution in [-0.2, 0) is 16.8 Å². The molecule has 4 heteroatoms. The van der Waals surface area contributed by atoms with Gasteiger partial charge in [-0.2, -0.15) is 0 Å². The second kappa shape index (κ2) is 9.65. The van der Waals surface area contributed by atoms with Gasteiger partial charge in [0.15, 0.2) is 0 Å². The first kappa shape index (κ1) is 22.4. The number of benzene rings is 2. The third kappa shape index (κ3) is 4.86. The van der Waals surface area contributed by atoms with Gasteiger partial charge in [-0.15, -0.1) is 0 Å². The van der Waals surface area contributed by atoms with E-state index in [1.54, 1.807) is 14.0 Å². The standard InChI is InChI=1S/C26H36N2O2/c1-20-18-27(4)21(2)17-26(20,24-9-7-6-8-10-24)15-16-28(22(3)29)19-23-11-13-25(30-5)14-12-23/h6-14,20-21H,15-19H2,1-5H3/t20-,21-,26+/m0/s1. The molecule has 0 unspecified atom stereocenters. The third-order valence-electron chi connectivity index (χ3n) is 7.07. The zero-order valence-corrected chi connectivity index (χ0v) is 19.1. The van der Waals surface area contributed by atoms with Gasteiger partial charge in [0.2, 0.25) is 5.91 Å². The molecule has 0 bridgehead atoms. The highest BCUT2D eigenvalue weighted by molar-refractivity contribution is 5.73. The molecular formula is C26H36N2O2. The average Bonchev–Trinajstić information content (AvgIpc) is 2.75. The normalized spacial score (nSPS) is 24.4. The highest BCUT2D eigenvalue weighted by atomic mass is 16.5. The number of methoxy groups -OCH3 is 1. The lowest BCUT2D eigenvalue weighted by atomic mass is 9.63. The van der Waals surface area contributed by atoms with Crippen LogP contribution in [0.3, 0.4) is 0 Å². The first-order valence-electron chi connectivity index (χ1n) is 11.0. The van der Waals surface area contributed by atoms with Crippen LogP contribution in [0.25, 0.3) is 0 Å². The van der Waals surface area contributed by atoms with Gasteiger partial charge in [0.25, 0.3) is 0 Å². The summed E-state index contributed by atoms with van der Waals surface area (Å²) in [5.41, 5.74) is 2.62. The Kier molecular flexibility index (Phi) is 7.19. The lowest BCUT2D eigenvalue weighted by Gasteiger charge is -2.50. The Morgan fingerprint density at radius 2 is 1.80 bits per heavy atom. The Bertz CT molecular complexity index is 821. The molecule has 0 N–H and O–H groups in total. The minimum Gasteiger partial charge on any atom is -0.497 e. The molecule has 0 radical (unpaired) electrons. The SMILES string of the molecule is COc1ccc(CN(CC[C@@]2(c3ccccc3)C[C@H](C)N(C)C[C@@H]2C)C(C)=O)cc1. The Labute approximate surface area is 181 Å². The van der Waals surface area contributed by atoms with E-state index in [1.165, 1.54) is 5.56 Å². The first-order chi connectivity index (χ1) is 14.4. The Morgan fingerprint density at radius 1 is 1.13 bits per heavy atom. The largest absolute Gasteiger partial charge is 0.497 e. The second-order valence-electron chi connectivity index (χ2n) is 8.95. The van der Waals surface area contributed by atoms with Crippen molar-refractivity contribution < 1.29 is 9.53 Å². The highest BCUT2D eigenvalue weighted by Gasteiger charge is 2.43. The second-order valence-corrected chi connectivity index (χ2v) is 8.95. The van der Waals surface area contributed by atoms with Crippen molar-refractivity contribution in [2.45, 2.75) is 51.6 Å². The van der Waals surface area contributed by atoms with Crippen molar-refractivity contribution in [1.82, 2.24) is 9.80 Å². The molecule has 30 heavy (non-hydrogen) atoms. The van der Waals surface area contributed by atoms with E-state index in [9.17, 15) is 4.79 Å². The molecule has 0 spiro atoms. The van der Waals surface area contributed by atoms with Gasteiger partial charge >= 0.3 is 0 Å². The fourth-order valence-corrected chi connectivity index (χ4v) is 4.97. The number of amides is 1. The number of rotatable bonds is 7. The van der Waals surface area contributed by atoms with Gasteiger partial charge in [-0.25, -0.2) is 0 Å². The number of likely N-dealkylation sites (tertiary alicyclic amines) is 1. The fraction of sp³-hybridized carbons (Fsp3) is 0.500. The van der Waals surface area contributed by atoms with Gasteiger partial charge in [0, 0.05) is 38.0 Å². The summed E-state index contributed by atoms with van der Waals surface area (Å²) in [5, 5.41) is 0. The van der Waals surface area contributed by atoms with Gasteiger partial charge in [-0.1, -0.05) is 49.4 Å². The molecule has 1 aliphatic heterocycles. The molecule has 1 aliphatic rings.